The van der Waals surface area contributed by atoms with Crippen LogP contribution in [0.25, 0.3) is 0 Å². The summed E-state index contributed by atoms with van der Waals surface area (Å²) in [4.78, 5) is 2.42. The number of aliphatic hydroxyl groups is 2. The molecule has 4 saturated carbocycles. The first kappa shape index (κ1) is 22.8. The van der Waals surface area contributed by atoms with Gasteiger partial charge in [0.2, 0.25) is 0 Å². The first-order valence-corrected chi connectivity index (χ1v) is 13.7. The van der Waals surface area contributed by atoms with Crippen molar-refractivity contribution in [2.45, 2.75) is 108 Å². The Bertz CT molecular complexity index is 1090. The average Bonchev–Trinajstić information content (AvgIpc) is 3.59. The first-order valence-electron chi connectivity index (χ1n) is 13.7. The molecule has 3 N–H and O–H groups in total. The summed E-state index contributed by atoms with van der Waals surface area (Å²) in [5.74, 6) is 1.12. The van der Waals surface area contributed by atoms with Crippen molar-refractivity contribution in [2.75, 3.05) is 13.7 Å². The second-order valence-corrected chi connectivity index (χ2v) is 13.8. The van der Waals surface area contributed by atoms with E-state index in [0.29, 0.717) is 11.7 Å². The number of fused-ring (bicyclic) bond motifs is 2. The van der Waals surface area contributed by atoms with Crippen molar-refractivity contribution in [3.05, 3.63) is 23.3 Å². The van der Waals surface area contributed by atoms with Crippen molar-refractivity contribution < 1.29 is 24.8 Å². The molecule has 4 bridgehead atoms. The zero-order chi connectivity index (χ0) is 24.8. The molecule has 0 amide bonds. The Hall–Kier alpha value is -1.34. The van der Waals surface area contributed by atoms with Gasteiger partial charge in [-0.2, -0.15) is 0 Å². The topological polar surface area (TPSA) is 82.4 Å². The smallest absolute Gasteiger partial charge is 0.165 e. The fourth-order valence-corrected chi connectivity index (χ4v) is 9.65. The van der Waals surface area contributed by atoms with Crippen LogP contribution in [0.5, 0.6) is 11.5 Å². The molecule has 2 heterocycles. The number of ether oxygens (including phenoxy) is 2. The summed E-state index contributed by atoms with van der Waals surface area (Å²) in [6, 6.07) is 4.05. The normalized spacial score (nSPS) is 43.9. The zero-order valence-electron chi connectivity index (χ0n) is 21.8. The summed E-state index contributed by atoms with van der Waals surface area (Å²) in [5, 5.41) is 34.6. The van der Waals surface area contributed by atoms with Crippen LogP contribution in [-0.2, 0) is 16.6 Å². The number of aromatic hydroxyl groups is 1. The van der Waals surface area contributed by atoms with Crippen molar-refractivity contribution in [1.29, 1.82) is 0 Å². The minimum Gasteiger partial charge on any atom is -0.504 e. The van der Waals surface area contributed by atoms with Crippen LogP contribution < -0.4 is 4.74 Å². The van der Waals surface area contributed by atoms with Gasteiger partial charge < -0.3 is 24.8 Å². The maximum Gasteiger partial charge on any atom is 0.165 e. The van der Waals surface area contributed by atoms with E-state index in [4.69, 9.17) is 9.47 Å². The maximum atomic E-state index is 12.2. The van der Waals surface area contributed by atoms with E-state index >= 15 is 0 Å². The van der Waals surface area contributed by atoms with Gasteiger partial charge in [0.05, 0.1) is 5.60 Å². The standard InChI is InChI=1S/C29H41NO5/c1-25(2,3)26(4,33)19-15-27-10-11-29(19,34-5)24-28(27)12-13-30(23(32)16-6-7-16)20(27)14-17-8-9-18(31)22(35-24)21(17)28/h8-9,16,19-20,23-24,31-33H,6-7,10-15H2,1-5H3/t19-,20?,23?,24-,26?,27-,28+,29-/m1/s1. The fourth-order valence-electron chi connectivity index (χ4n) is 9.65. The van der Waals surface area contributed by atoms with Crippen molar-refractivity contribution in [2.24, 2.45) is 22.7 Å². The van der Waals surface area contributed by atoms with Gasteiger partial charge in [0.1, 0.15) is 17.9 Å². The highest BCUT2D eigenvalue weighted by Crippen LogP contribution is 2.78. The molecular weight excluding hydrogens is 442 g/mol. The van der Waals surface area contributed by atoms with Crippen LogP contribution in [0.4, 0.5) is 0 Å². The zero-order valence-corrected chi connectivity index (χ0v) is 21.8. The van der Waals surface area contributed by atoms with Gasteiger partial charge in [-0.15, -0.1) is 0 Å². The molecule has 5 fully saturated rings. The molecule has 3 unspecified atom stereocenters. The number of hydrogen-bond acceptors (Lipinski definition) is 6. The maximum absolute atomic E-state index is 12.2. The van der Waals surface area contributed by atoms with E-state index in [1.807, 2.05) is 6.92 Å². The average molecular weight is 484 g/mol. The van der Waals surface area contributed by atoms with E-state index in [0.717, 1.165) is 51.5 Å². The molecule has 2 aliphatic heterocycles. The predicted molar refractivity (Wildman–Crippen MR) is 131 cm³/mol. The monoisotopic (exact) mass is 483 g/mol. The highest BCUT2D eigenvalue weighted by atomic mass is 16.6. The van der Waals surface area contributed by atoms with Crippen LogP contribution >= 0.6 is 0 Å². The number of hydrogen-bond donors (Lipinski definition) is 3. The molecule has 8 rings (SSSR count). The van der Waals surface area contributed by atoms with Gasteiger partial charge in [-0.25, -0.2) is 0 Å². The van der Waals surface area contributed by atoms with Gasteiger partial charge in [0, 0.05) is 42.0 Å². The lowest BCUT2D eigenvalue weighted by molar-refractivity contribution is -0.318. The van der Waals surface area contributed by atoms with Crippen molar-refractivity contribution >= 4 is 0 Å². The van der Waals surface area contributed by atoms with Crippen LogP contribution in [-0.4, -0.2) is 63.4 Å². The number of benzene rings is 1. The molecular formula is C29H41NO5. The SMILES string of the molecule is CO[C@]12CC[C@@]3(C[C@@H]1C(C)(O)C(C)(C)C)C1Cc4ccc(O)c5c4[C@@]3(CCN1C(O)C1CC1)[C@H]2O5. The van der Waals surface area contributed by atoms with Crippen molar-refractivity contribution in [3.8, 4) is 11.5 Å². The lowest BCUT2D eigenvalue weighted by Crippen LogP contribution is -2.83. The Morgan fingerprint density at radius 2 is 1.89 bits per heavy atom. The number of piperidine rings is 1. The number of likely N-dealkylation sites (tertiary alicyclic amines) is 1. The van der Waals surface area contributed by atoms with E-state index in [-0.39, 0.29) is 40.1 Å². The van der Waals surface area contributed by atoms with Gasteiger partial charge in [-0.1, -0.05) is 26.8 Å². The van der Waals surface area contributed by atoms with Crippen LogP contribution in [0, 0.1) is 22.7 Å². The molecule has 0 radical (unpaired) electrons. The van der Waals surface area contributed by atoms with Gasteiger partial charge >= 0.3 is 0 Å². The summed E-state index contributed by atoms with van der Waals surface area (Å²) in [6.45, 7) is 9.17. The second kappa shape index (κ2) is 6.56. The minimum atomic E-state index is -0.979. The summed E-state index contributed by atoms with van der Waals surface area (Å²) in [5.41, 5.74) is 0.0827. The molecule has 5 aliphatic carbocycles. The molecule has 1 aromatic rings. The van der Waals surface area contributed by atoms with Crippen LogP contribution in [0.15, 0.2) is 12.1 Å². The van der Waals surface area contributed by atoms with Crippen molar-refractivity contribution in [3.63, 3.8) is 0 Å². The van der Waals surface area contributed by atoms with E-state index < -0.39 is 17.4 Å². The Labute approximate surface area is 208 Å². The van der Waals surface area contributed by atoms with Crippen LogP contribution in [0.1, 0.15) is 77.3 Å². The number of phenolic OH excluding ortho intramolecular Hbond substituents is 1. The van der Waals surface area contributed by atoms with E-state index in [1.165, 1.54) is 11.1 Å². The molecule has 2 spiro atoms. The van der Waals surface area contributed by atoms with Crippen molar-refractivity contribution in [1.82, 2.24) is 4.90 Å². The molecule has 0 aromatic heterocycles. The van der Waals surface area contributed by atoms with E-state index in [1.54, 1.807) is 13.2 Å². The number of rotatable bonds is 4. The van der Waals surface area contributed by atoms with Gasteiger partial charge in [-0.3, -0.25) is 4.90 Å². The number of phenols is 1. The number of methoxy groups -OCH3 is 1. The quantitative estimate of drug-likeness (QED) is 0.605. The summed E-state index contributed by atoms with van der Waals surface area (Å²) in [7, 11) is 1.79. The Morgan fingerprint density at radius 1 is 1.14 bits per heavy atom. The second-order valence-electron chi connectivity index (χ2n) is 13.8. The largest absolute Gasteiger partial charge is 0.504 e. The molecule has 6 nitrogen and oxygen atoms in total. The fraction of sp³-hybridized carbons (Fsp3) is 0.793. The molecule has 192 valence electrons. The minimum absolute atomic E-state index is 0.120. The van der Waals surface area contributed by atoms with Gasteiger partial charge in [-0.05, 0) is 74.8 Å². The van der Waals surface area contributed by atoms with Crippen LogP contribution in [0.2, 0.25) is 0 Å². The summed E-state index contributed by atoms with van der Waals surface area (Å²) >= 11 is 0. The Morgan fingerprint density at radius 3 is 2.54 bits per heavy atom. The lowest BCUT2D eigenvalue weighted by Gasteiger charge is -2.75. The third-order valence-corrected chi connectivity index (χ3v) is 12.0. The Kier molecular flexibility index (Phi) is 4.28. The van der Waals surface area contributed by atoms with Gasteiger partial charge in [0.15, 0.2) is 11.5 Å². The van der Waals surface area contributed by atoms with E-state index in [2.05, 4.69) is 31.7 Å². The highest BCUT2D eigenvalue weighted by molar-refractivity contribution is 5.63. The third kappa shape index (κ3) is 2.38. The molecule has 7 aliphatic rings. The molecule has 1 aromatic carbocycles. The third-order valence-electron chi connectivity index (χ3n) is 12.0. The summed E-state index contributed by atoms with van der Waals surface area (Å²) < 4.78 is 13.4. The predicted octanol–water partition coefficient (Wildman–Crippen LogP) is 3.73. The molecule has 6 heteroatoms. The molecule has 8 atom stereocenters. The molecule has 1 saturated heterocycles. The number of nitrogens with zero attached hydrogens (tertiary/aromatic N) is 1. The summed E-state index contributed by atoms with van der Waals surface area (Å²) in [6.07, 6.45) is 5.96. The van der Waals surface area contributed by atoms with E-state index in [9.17, 15) is 15.3 Å². The van der Waals surface area contributed by atoms with Gasteiger partial charge in [0.25, 0.3) is 0 Å². The number of aliphatic hydroxyl groups excluding tert-OH is 1. The lowest BCUT2D eigenvalue weighted by atomic mass is 9.33. The Balaban J connectivity index is 1.48. The van der Waals surface area contributed by atoms with Crippen LogP contribution in [0.3, 0.4) is 0 Å². The molecule has 35 heavy (non-hydrogen) atoms. The first-order chi connectivity index (χ1) is 16.4. The highest BCUT2D eigenvalue weighted by Gasteiger charge is 2.82.